The van der Waals surface area contributed by atoms with Gasteiger partial charge in [-0.1, -0.05) is 12.1 Å². The maximum Gasteiger partial charge on any atom is 0.147 e. The summed E-state index contributed by atoms with van der Waals surface area (Å²) >= 11 is 0. The lowest BCUT2D eigenvalue weighted by Gasteiger charge is -2.07. The summed E-state index contributed by atoms with van der Waals surface area (Å²) in [5.41, 5.74) is 0.856. The maximum absolute atomic E-state index is 13.7. The van der Waals surface area contributed by atoms with Crippen molar-refractivity contribution in [2.45, 2.75) is 6.61 Å². The highest BCUT2D eigenvalue weighted by atomic mass is 19.1. The second kappa shape index (κ2) is 5.66. The minimum Gasteiger partial charge on any atom is -0.489 e. The van der Waals surface area contributed by atoms with Crippen molar-refractivity contribution in [3.63, 3.8) is 0 Å². The third kappa shape index (κ3) is 2.88. The largest absolute Gasteiger partial charge is 0.489 e. The molecule has 0 N–H and O–H groups in total. The Balaban J connectivity index is 2.11. The molecule has 0 aliphatic rings. The first-order chi connectivity index (χ1) is 9.24. The van der Waals surface area contributed by atoms with E-state index >= 15 is 0 Å². The number of hydrogen-bond donors (Lipinski definition) is 0. The Morgan fingerprint density at radius 2 is 1.74 bits per heavy atom. The molecule has 0 fully saturated rings. The molecule has 2 aromatic rings. The van der Waals surface area contributed by atoms with Crippen molar-refractivity contribution >= 4 is 0 Å². The van der Waals surface area contributed by atoms with Crippen molar-refractivity contribution in [2.75, 3.05) is 0 Å². The van der Waals surface area contributed by atoms with Crippen LogP contribution in [0.4, 0.5) is 4.39 Å². The van der Waals surface area contributed by atoms with Gasteiger partial charge in [-0.2, -0.15) is 10.5 Å². The van der Waals surface area contributed by atoms with Crippen LogP contribution in [0.15, 0.2) is 42.5 Å². The van der Waals surface area contributed by atoms with E-state index in [1.807, 2.05) is 6.07 Å². The molecule has 0 aliphatic heterocycles. The van der Waals surface area contributed by atoms with Gasteiger partial charge >= 0.3 is 0 Å². The third-order valence-electron chi connectivity index (χ3n) is 2.58. The summed E-state index contributed by atoms with van der Waals surface area (Å²) in [6.07, 6.45) is 0. The monoisotopic (exact) mass is 252 g/mol. The van der Waals surface area contributed by atoms with Gasteiger partial charge in [-0.05, 0) is 30.3 Å². The fourth-order valence-electron chi connectivity index (χ4n) is 1.56. The summed E-state index contributed by atoms with van der Waals surface area (Å²) in [5.74, 6) is -0.0144. The van der Waals surface area contributed by atoms with Gasteiger partial charge in [-0.25, -0.2) is 4.39 Å². The normalized spacial score (nSPS) is 9.42. The summed E-state index contributed by atoms with van der Waals surface area (Å²) in [5, 5.41) is 17.4. The minimum absolute atomic E-state index is 0.000860. The lowest BCUT2D eigenvalue weighted by atomic mass is 10.1. The van der Waals surface area contributed by atoms with Crippen LogP contribution in [0.2, 0.25) is 0 Å². The van der Waals surface area contributed by atoms with Crippen LogP contribution >= 0.6 is 0 Å². The zero-order chi connectivity index (χ0) is 13.7. The number of nitrogens with zero attached hydrogens (tertiary/aromatic N) is 2. The van der Waals surface area contributed by atoms with Crippen LogP contribution in [0.5, 0.6) is 5.75 Å². The summed E-state index contributed by atoms with van der Waals surface area (Å²) < 4.78 is 19.2. The van der Waals surface area contributed by atoms with E-state index in [1.165, 1.54) is 6.07 Å². The Bertz CT molecular complexity index is 666. The predicted molar refractivity (Wildman–Crippen MR) is 66.6 cm³/mol. The van der Waals surface area contributed by atoms with E-state index in [0.29, 0.717) is 16.9 Å². The molecule has 0 aromatic heterocycles. The topological polar surface area (TPSA) is 56.8 Å². The molecule has 2 aromatic carbocycles. The van der Waals surface area contributed by atoms with E-state index in [2.05, 4.69) is 0 Å². The lowest BCUT2D eigenvalue weighted by Crippen LogP contribution is -2.00. The maximum atomic E-state index is 13.7. The van der Waals surface area contributed by atoms with Crippen LogP contribution in [0.1, 0.15) is 16.7 Å². The number of rotatable bonds is 3. The third-order valence-corrected chi connectivity index (χ3v) is 2.58. The van der Waals surface area contributed by atoms with Crippen LogP contribution in [0.25, 0.3) is 0 Å². The van der Waals surface area contributed by atoms with Crippen molar-refractivity contribution < 1.29 is 9.13 Å². The molecular formula is C15H9FN2O. The Kier molecular flexibility index (Phi) is 3.75. The van der Waals surface area contributed by atoms with Gasteiger partial charge in [0.25, 0.3) is 0 Å². The first-order valence-electron chi connectivity index (χ1n) is 5.55. The highest BCUT2D eigenvalue weighted by molar-refractivity contribution is 5.36. The van der Waals surface area contributed by atoms with Crippen LogP contribution in [-0.4, -0.2) is 0 Å². The average Bonchev–Trinajstić information content (AvgIpc) is 2.47. The molecule has 4 heteroatoms. The molecule has 0 heterocycles. The number of halogens is 1. The number of nitriles is 2. The Morgan fingerprint density at radius 3 is 2.37 bits per heavy atom. The van der Waals surface area contributed by atoms with E-state index in [1.54, 1.807) is 42.5 Å². The fourth-order valence-corrected chi connectivity index (χ4v) is 1.56. The molecule has 0 saturated carbocycles. The molecule has 0 unspecified atom stereocenters. The van der Waals surface area contributed by atoms with Crippen LogP contribution < -0.4 is 4.74 Å². The molecule has 2 rings (SSSR count). The first-order valence-corrected chi connectivity index (χ1v) is 5.55. The lowest BCUT2D eigenvalue weighted by molar-refractivity contribution is 0.299. The molecular weight excluding hydrogens is 243 g/mol. The van der Waals surface area contributed by atoms with Crippen LogP contribution in [0, 0.1) is 28.5 Å². The van der Waals surface area contributed by atoms with E-state index in [-0.39, 0.29) is 12.2 Å². The SMILES string of the molecule is N#Cc1ccc(OCc2cccc(C#N)c2F)cc1. The first kappa shape index (κ1) is 12.6. The number of benzene rings is 2. The molecule has 0 saturated heterocycles. The molecule has 0 spiro atoms. The molecule has 0 bridgehead atoms. The fraction of sp³-hybridized carbons (Fsp3) is 0.0667. The molecule has 0 amide bonds. The van der Waals surface area contributed by atoms with E-state index in [0.717, 1.165) is 0 Å². The van der Waals surface area contributed by atoms with E-state index in [9.17, 15) is 4.39 Å². The molecule has 0 atom stereocenters. The van der Waals surface area contributed by atoms with Gasteiger partial charge in [0.05, 0.1) is 17.2 Å². The smallest absolute Gasteiger partial charge is 0.147 e. The molecule has 0 aliphatic carbocycles. The highest BCUT2D eigenvalue weighted by Crippen LogP contribution is 2.17. The minimum atomic E-state index is -0.557. The van der Waals surface area contributed by atoms with Crippen molar-refractivity contribution in [1.82, 2.24) is 0 Å². The van der Waals surface area contributed by atoms with Gasteiger partial charge in [0.15, 0.2) is 0 Å². The zero-order valence-corrected chi connectivity index (χ0v) is 9.93. The van der Waals surface area contributed by atoms with Gasteiger partial charge in [0.2, 0.25) is 0 Å². The highest BCUT2D eigenvalue weighted by Gasteiger charge is 2.07. The average molecular weight is 252 g/mol. The summed E-state index contributed by atoms with van der Waals surface area (Å²) in [7, 11) is 0. The summed E-state index contributed by atoms with van der Waals surface area (Å²) in [4.78, 5) is 0. The van der Waals surface area contributed by atoms with Gasteiger partial charge in [-0.15, -0.1) is 0 Å². The Morgan fingerprint density at radius 1 is 1.00 bits per heavy atom. The predicted octanol–water partition coefficient (Wildman–Crippen LogP) is 3.15. The van der Waals surface area contributed by atoms with Crippen molar-refractivity contribution in [1.29, 1.82) is 10.5 Å². The van der Waals surface area contributed by atoms with E-state index in [4.69, 9.17) is 15.3 Å². The van der Waals surface area contributed by atoms with Crippen molar-refractivity contribution in [3.05, 3.63) is 65.0 Å². The van der Waals surface area contributed by atoms with Gasteiger partial charge in [0, 0.05) is 5.56 Å². The standard InChI is InChI=1S/C15H9FN2O/c16-15-12(9-18)2-1-3-13(15)10-19-14-6-4-11(8-17)5-7-14/h1-7H,10H2. The second-order valence-corrected chi connectivity index (χ2v) is 3.82. The molecule has 0 radical (unpaired) electrons. The van der Waals surface area contributed by atoms with Gasteiger partial charge in [0.1, 0.15) is 24.2 Å². The van der Waals surface area contributed by atoms with Crippen molar-refractivity contribution in [2.24, 2.45) is 0 Å². The summed E-state index contributed by atoms with van der Waals surface area (Å²) in [6, 6.07) is 14.9. The Labute approximate surface area is 110 Å². The Hall–Kier alpha value is -2.85. The van der Waals surface area contributed by atoms with Crippen LogP contribution in [0.3, 0.4) is 0 Å². The molecule has 3 nitrogen and oxygen atoms in total. The van der Waals surface area contributed by atoms with E-state index < -0.39 is 5.82 Å². The van der Waals surface area contributed by atoms with Crippen LogP contribution in [-0.2, 0) is 6.61 Å². The molecule has 92 valence electrons. The van der Waals surface area contributed by atoms with Crippen molar-refractivity contribution in [3.8, 4) is 17.9 Å². The zero-order valence-electron chi connectivity index (χ0n) is 9.93. The summed E-state index contributed by atoms with van der Waals surface area (Å²) in [6.45, 7) is 0.0350. The number of hydrogen-bond acceptors (Lipinski definition) is 3. The number of ether oxygens (including phenoxy) is 1. The van der Waals surface area contributed by atoms with Gasteiger partial charge in [-0.3, -0.25) is 0 Å². The second-order valence-electron chi connectivity index (χ2n) is 3.82. The molecule has 19 heavy (non-hydrogen) atoms. The van der Waals surface area contributed by atoms with Gasteiger partial charge < -0.3 is 4.74 Å². The quantitative estimate of drug-likeness (QED) is 0.843.